The minimum Gasteiger partial charge on any atom is -0.349 e. The zero-order valence-corrected chi connectivity index (χ0v) is 11.5. The topological polar surface area (TPSA) is 29.9 Å². The summed E-state index contributed by atoms with van der Waals surface area (Å²) in [5.74, 6) is 0.916. The molecule has 0 spiro atoms. The quantitative estimate of drug-likeness (QED) is 0.879. The molecule has 1 heterocycles. The lowest BCUT2D eigenvalue weighted by molar-refractivity contribution is 0.674. The second-order valence-corrected chi connectivity index (χ2v) is 4.80. The van der Waals surface area contributed by atoms with Gasteiger partial charge in [-0.15, -0.1) is 0 Å². The summed E-state index contributed by atoms with van der Waals surface area (Å²) < 4.78 is 2.13. The Morgan fingerprint density at radius 2 is 2.06 bits per heavy atom. The number of anilines is 1. The fourth-order valence-corrected chi connectivity index (χ4v) is 2.03. The summed E-state index contributed by atoms with van der Waals surface area (Å²) in [5.41, 5.74) is 1.20. The fourth-order valence-electron chi connectivity index (χ4n) is 1.90. The number of aromatic nitrogens is 2. The van der Waals surface area contributed by atoms with Crippen molar-refractivity contribution in [2.75, 3.05) is 5.32 Å². The van der Waals surface area contributed by atoms with E-state index in [1.54, 1.807) is 0 Å². The minimum atomic E-state index is 0.209. The molecule has 1 N–H and O–H groups in total. The van der Waals surface area contributed by atoms with E-state index < -0.39 is 0 Å². The van der Waals surface area contributed by atoms with Gasteiger partial charge in [0.25, 0.3) is 0 Å². The first-order chi connectivity index (χ1) is 8.70. The van der Waals surface area contributed by atoms with E-state index in [0.717, 1.165) is 23.9 Å². The number of aryl methyl sites for hydroxylation is 1. The number of hydrogen-bond acceptors (Lipinski definition) is 2. The van der Waals surface area contributed by atoms with Crippen molar-refractivity contribution < 1.29 is 0 Å². The summed E-state index contributed by atoms with van der Waals surface area (Å²) in [6.07, 6.45) is 4.92. The highest BCUT2D eigenvalue weighted by Crippen LogP contribution is 2.20. The maximum Gasteiger partial charge on any atom is 0.203 e. The average molecular weight is 264 g/mol. The van der Waals surface area contributed by atoms with Gasteiger partial charge in [0.15, 0.2) is 0 Å². The molecule has 18 heavy (non-hydrogen) atoms. The van der Waals surface area contributed by atoms with Gasteiger partial charge < -0.3 is 9.88 Å². The van der Waals surface area contributed by atoms with Gasteiger partial charge in [-0.3, -0.25) is 0 Å². The highest BCUT2D eigenvalue weighted by Gasteiger charge is 2.08. The molecule has 0 fully saturated rings. The molecule has 2 aromatic rings. The molecule has 0 amide bonds. The van der Waals surface area contributed by atoms with Crippen LogP contribution < -0.4 is 5.32 Å². The Hall–Kier alpha value is -1.48. The van der Waals surface area contributed by atoms with Crippen molar-refractivity contribution >= 4 is 17.5 Å². The van der Waals surface area contributed by atoms with Crippen LogP contribution in [0.25, 0.3) is 0 Å². The van der Waals surface area contributed by atoms with Gasteiger partial charge in [-0.1, -0.05) is 30.7 Å². The molecule has 0 bridgehead atoms. The van der Waals surface area contributed by atoms with Crippen LogP contribution in [0.3, 0.4) is 0 Å². The van der Waals surface area contributed by atoms with Crippen molar-refractivity contribution in [2.45, 2.75) is 32.9 Å². The summed E-state index contributed by atoms with van der Waals surface area (Å²) in [4.78, 5) is 4.34. The molecule has 0 aliphatic heterocycles. The third-order valence-corrected chi connectivity index (χ3v) is 3.15. The Morgan fingerprint density at radius 1 is 1.33 bits per heavy atom. The summed E-state index contributed by atoms with van der Waals surface area (Å²) in [6, 6.07) is 8.10. The molecule has 1 unspecified atom stereocenters. The maximum atomic E-state index is 5.89. The largest absolute Gasteiger partial charge is 0.349 e. The standard InChI is InChI=1S/C14H18ClN3/c1-3-9-18-10-8-16-14(18)17-11(2)12-4-6-13(15)7-5-12/h4-8,10-11H,3,9H2,1-2H3,(H,16,17). The first kappa shape index (κ1) is 13.0. The zero-order chi connectivity index (χ0) is 13.0. The molecule has 0 aliphatic rings. The molecular formula is C14H18ClN3. The van der Waals surface area contributed by atoms with Crippen molar-refractivity contribution in [3.8, 4) is 0 Å². The molecule has 0 saturated carbocycles. The van der Waals surface area contributed by atoms with Crippen LogP contribution >= 0.6 is 11.6 Å². The molecule has 1 aromatic heterocycles. The molecular weight excluding hydrogens is 246 g/mol. The highest BCUT2D eigenvalue weighted by atomic mass is 35.5. The van der Waals surface area contributed by atoms with Crippen LogP contribution in [0.2, 0.25) is 5.02 Å². The molecule has 96 valence electrons. The number of hydrogen-bond donors (Lipinski definition) is 1. The Balaban J connectivity index is 2.08. The molecule has 2 rings (SSSR count). The second-order valence-electron chi connectivity index (χ2n) is 4.36. The zero-order valence-electron chi connectivity index (χ0n) is 10.7. The van der Waals surface area contributed by atoms with Gasteiger partial charge in [0.2, 0.25) is 5.95 Å². The fraction of sp³-hybridized carbons (Fsp3) is 0.357. The number of nitrogens with one attached hydrogen (secondary N) is 1. The molecule has 1 atom stereocenters. The third kappa shape index (κ3) is 3.05. The predicted octanol–water partition coefficient (Wildman–Crippen LogP) is 4.12. The molecule has 1 aromatic carbocycles. The number of rotatable bonds is 5. The summed E-state index contributed by atoms with van der Waals surface area (Å²) in [6.45, 7) is 5.26. The number of nitrogens with zero attached hydrogens (tertiary/aromatic N) is 2. The lowest BCUT2D eigenvalue weighted by Crippen LogP contribution is -2.11. The normalized spacial score (nSPS) is 12.4. The average Bonchev–Trinajstić information content (AvgIpc) is 2.78. The minimum absolute atomic E-state index is 0.209. The van der Waals surface area contributed by atoms with Gasteiger partial charge in [-0.05, 0) is 31.0 Å². The van der Waals surface area contributed by atoms with Crippen LogP contribution in [0.4, 0.5) is 5.95 Å². The highest BCUT2D eigenvalue weighted by molar-refractivity contribution is 6.30. The Kier molecular flexibility index (Phi) is 4.26. The number of imidazole rings is 1. The van der Waals surface area contributed by atoms with E-state index in [1.807, 2.05) is 36.7 Å². The summed E-state index contributed by atoms with van der Waals surface area (Å²) >= 11 is 5.89. The van der Waals surface area contributed by atoms with E-state index in [0.29, 0.717) is 0 Å². The van der Waals surface area contributed by atoms with Crippen molar-refractivity contribution in [2.24, 2.45) is 0 Å². The molecule has 0 aliphatic carbocycles. The maximum absolute atomic E-state index is 5.89. The Bertz CT molecular complexity index is 490. The van der Waals surface area contributed by atoms with Crippen molar-refractivity contribution in [3.05, 3.63) is 47.2 Å². The van der Waals surface area contributed by atoms with Crippen LogP contribution in [0, 0.1) is 0 Å². The smallest absolute Gasteiger partial charge is 0.203 e. The lowest BCUT2D eigenvalue weighted by Gasteiger charge is -2.16. The van der Waals surface area contributed by atoms with Crippen molar-refractivity contribution in [1.29, 1.82) is 0 Å². The van der Waals surface area contributed by atoms with Crippen LogP contribution in [-0.2, 0) is 6.54 Å². The van der Waals surface area contributed by atoms with Gasteiger partial charge in [-0.2, -0.15) is 0 Å². The Labute approximate surface area is 113 Å². The van der Waals surface area contributed by atoms with Crippen molar-refractivity contribution in [1.82, 2.24) is 9.55 Å². The predicted molar refractivity (Wildman–Crippen MR) is 76.0 cm³/mol. The van der Waals surface area contributed by atoms with E-state index in [2.05, 4.69) is 28.7 Å². The molecule has 4 heteroatoms. The monoisotopic (exact) mass is 263 g/mol. The third-order valence-electron chi connectivity index (χ3n) is 2.90. The van der Waals surface area contributed by atoms with E-state index >= 15 is 0 Å². The van der Waals surface area contributed by atoms with Gasteiger partial charge in [0.1, 0.15) is 0 Å². The number of halogens is 1. The van der Waals surface area contributed by atoms with E-state index in [4.69, 9.17) is 11.6 Å². The van der Waals surface area contributed by atoms with Crippen LogP contribution in [-0.4, -0.2) is 9.55 Å². The van der Waals surface area contributed by atoms with Crippen LogP contribution in [0.15, 0.2) is 36.7 Å². The lowest BCUT2D eigenvalue weighted by atomic mass is 10.1. The first-order valence-corrected chi connectivity index (χ1v) is 6.61. The second kappa shape index (κ2) is 5.91. The molecule has 0 radical (unpaired) electrons. The van der Waals surface area contributed by atoms with Crippen LogP contribution in [0.1, 0.15) is 31.9 Å². The van der Waals surface area contributed by atoms with Gasteiger partial charge in [-0.25, -0.2) is 4.98 Å². The van der Waals surface area contributed by atoms with Crippen molar-refractivity contribution in [3.63, 3.8) is 0 Å². The van der Waals surface area contributed by atoms with E-state index in [-0.39, 0.29) is 6.04 Å². The SMILES string of the molecule is CCCn1ccnc1NC(C)c1ccc(Cl)cc1. The van der Waals surface area contributed by atoms with Gasteiger partial charge in [0, 0.05) is 24.0 Å². The summed E-state index contributed by atoms with van der Waals surface area (Å²) in [5, 5.41) is 4.18. The van der Waals surface area contributed by atoms with E-state index in [1.165, 1.54) is 5.56 Å². The van der Waals surface area contributed by atoms with Gasteiger partial charge in [0.05, 0.1) is 6.04 Å². The molecule has 0 saturated heterocycles. The van der Waals surface area contributed by atoms with Crippen LogP contribution in [0.5, 0.6) is 0 Å². The molecule has 3 nitrogen and oxygen atoms in total. The number of benzene rings is 1. The van der Waals surface area contributed by atoms with E-state index in [9.17, 15) is 0 Å². The first-order valence-electron chi connectivity index (χ1n) is 6.24. The summed E-state index contributed by atoms with van der Waals surface area (Å²) in [7, 11) is 0. The van der Waals surface area contributed by atoms with Gasteiger partial charge >= 0.3 is 0 Å². The Morgan fingerprint density at radius 3 is 2.72 bits per heavy atom.